The highest BCUT2D eigenvalue weighted by Crippen LogP contribution is 2.28. The van der Waals surface area contributed by atoms with Crippen LogP contribution < -0.4 is 5.73 Å². The minimum atomic E-state index is -0.231. The Hall–Kier alpha value is -1.88. The molecule has 18 heavy (non-hydrogen) atoms. The first-order chi connectivity index (χ1) is 8.52. The van der Waals surface area contributed by atoms with E-state index in [4.69, 9.17) is 10.3 Å². The summed E-state index contributed by atoms with van der Waals surface area (Å²) in [5, 5.41) is 13.6. The standard InChI is InChI=1S/C13H17N3O2/c1-4-10(14)13-15-12(16-18-13)9-5-7(2)11(17)8(3)6-9/h5-6,10,17H,4,14H2,1-3H3. The summed E-state index contributed by atoms with van der Waals surface area (Å²) in [6.07, 6.45) is 0.745. The Morgan fingerprint density at radius 3 is 2.50 bits per heavy atom. The van der Waals surface area contributed by atoms with Gasteiger partial charge in [0.1, 0.15) is 5.75 Å². The van der Waals surface area contributed by atoms with Gasteiger partial charge in [0.2, 0.25) is 11.7 Å². The van der Waals surface area contributed by atoms with Gasteiger partial charge in [0.05, 0.1) is 6.04 Å². The second kappa shape index (κ2) is 4.78. The molecule has 0 radical (unpaired) electrons. The number of aromatic nitrogens is 2. The maximum atomic E-state index is 9.72. The molecule has 1 unspecified atom stereocenters. The summed E-state index contributed by atoms with van der Waals surface area (Å²) in [6.45, 7) is 5.64. The van der Waals surface area contributed by atoms with Crippen molar-refractivity contribution in [3.63, 3.8) is 0 Å². The average molecular weight is 247 g/mol. The van der Waals surface area contributed by atoms with Crippen LogP contribution in [-0.2, 0) is 0 Å². The number of phenols is 1. The fourth-order valence-corrected chi connectivity index (χ4v) is 1.76. The van der Waals surface area contributed by atoms with Crippen molar-refractivity contribution in [1.29, 1.82) is 0 Å². The molecule has 0 bridgehead atoms. The number of nitrogens with two attached hydrogens (primary N) is 1. The van der Waals surface area contributed by atoms with Crippen molar-refractivity contribution >= 4 is 0 Å². The fraction of sp³-hybridized carbons (Fsp3) is 0.385. The number of aryl methyl sites for hydroxylation is 2. The van der Waals surface area contributed by atoms with Crippen LogP contribution in [0.5, 0.6) is 5.75 Å². The van der Waals surface area contributed by atoms with Gasteiger partial charge in [-0.3, -0.25) is 0 Å². The molecule has 5 nitrogen and oxygen atoms in total. The summed E-state index contributed by atoms with van der Waals surface area (Å²) in [5.74, 6) is 1.24. The van der Waals surface area contributed by atoms with Crippen LogP contribution in [0.25, 0.3) is 11.4 Å². The molecule has 0 aliphatic carbocycles. The first kappa shape index (κ1) is 12.6. The minimum absolute atomic E-state index is 0.231. The van der Waals surface area contributed by atoms with Crippen LogP contribution in [0.1, 0.15) is 36.4 Å². The summed E-state index contributed by atoms with van der Waals surface area (Å²) >= 11 is 0. The molecule has 0 fully saturated rings. The Morgan fingerprint density at radius 1 is 1.33 bits per heavy atom. The van der Waals surface area contributed by atoms with Gasteiger partial charge in [-0.05, 0) is 43.5 Å². The van der Waals surface area contributed by atoms with Crippen LogP contribution in [0, 0.1) is 13.8 Å². The molecule has 0 aliphatic rings. The summed E-state index contributed by atoms with van der Waals surface area (Å²) < 4.78 is 5.13. The second-order valence-electron chi connectivity index (χ2n) is 4.43. The van der Waals surface area contributed by atoms with E-state index in [9.17, 15) is 5.11 Å². The lowest BCUT2D eigenvalue weighted by molar-refractivity contribution is 0.352. The molecular weight excluding hydrogens is 230 g/mol. The summed E-state index contributed by atoms with van der Waals surface area (Å²) in [4.78, 5) is 4.28. The van der Waals surface area contributed by atoms with Gasteiger partial charge >= 0.3 is 0 Å². The maximum Gasteiger partial charge on any atom is 0.243 e. The normalized spacial score (nSPS) is 12.7. The monoisotopic (exact) mass is 247 g/mol. The molecule has 0 saturated heterocycles. The number of rotatable bonds is 3. The lowest BCUT2D eigenvalue weighted by Gasteiger charge is -2.04. The van der Waals surface area contributed by atoms with Gasteiger partial charge in [0, 0.05) is 5.56 Å². The largest absolute Gasteiger partial charge is 0.507 e. The van der Waals surface area contributed by atoms with Gasteiger partial charge in [-0.25, -0.2) is 0 Å². The van der Waals surface area contributed by atoms with Crippen molar-refractivity contribution in [2.45, 2.75) is 33.2 Å². The fourth-order valence-electron chi connectivity index (χ4n) is 1.76. The Kier molecular flexibility index (Phi) is 3.34. The van der Waals surface area contributed by atoms with Crippen LogP contribution in [0.2, 0.25) is 0 Å². The third-order valence-corrected chi connectivity index (χ3v) is 2.95. The van der Waals surface area contributed by atoms with E-state index in [2.05, 4.69) is 10.1 Å². The van der Waals surface area contributed by atoms with Gasteiger partial charge in [0.15, 0.2) is 0 Å². The average Bonchev–Trinajstić information content (AvgIpc) is 2.84. The molecule has 1 aromatic heterocycles. The van der Waals surface area contributed by atoms with E-state index in [-0.39, 0.29) is 6.04 Å². The first-order valence-corrected chi connectivity index (χ1v) is 5.92. The zero-order chi connectivity index (χ0) is 13.3. The number of hydrogen-bond donors (Lipinski definition) is 2. The number of hydrogen-bond acceptors (Lipinski definition) is 5. The Balaban J connectivity index is 2.40. The molecule has 2 rings (SSSR count). The van der Waals surface area contributed by atoms with E-state index < -0.39 is 0 Å². The highest BCUT2D eigenvalue weighted by atomic mass is 16.5. The van der Waals surface area contributed by atoms with E-state index in [1.165, 1.54) is 0 Å². The summed E-state index contributed by atoms with van der Waals surface area (Å²) in [5.41, 5.74) is 8.23. The van der Waals surface area contributed by atoms with E-state index in [1.54, 1.807) is 0 Å². The quantitative estimate of drug-likeness (QED) is 0.870. The number of phenolic OH excluding ortho intramolecular Hbond substituents is 1. The van der Waals surface area contributed by atoms with Gasteiger partial charge in [-0.2, -0.15) is 4.98 Å². The second-order valence-corrected chi connectivity index (χ2v) is 4.43. The Bertz CT molecular complexity index is 540. The Labute approximate surface area is 106 Å². The highest BCUT2D eigenvalue weighted by molar-refractivity contribution is 5.60. The predicted octanol–water partition coefficient (Wildman–Crippen LogP) is 2.47. The van der Waals surface area contributed by atoms with E-state index in [0.717, 1.165) is 23.1 Å². The van der Waals surface area contributed by atoms with Gasteiger partial charge in [-0.1, -0.05) is 12.1 Å². The van der Waals surface area contributed by atoms with Gasteiger partial charge in [-0.15, -0.1) is 0 Å². The molecule has 2 aromatic rings. The topological polar surface area (TPSA) is 85.2 Å². The molecule has 0 amide bonds. The van der Waals surface area contributed by atoms with Crippen molar-refractivity contribution in [3.8, 4) is 17.1 Å². The molecular formula is C13H17N3O2. The van der Waals surface area contributed by atoms with Crippen LogP contribution in [-0.4, -0.2) is 15.2 Å². The van der Waals surface area contributed by atoms with Crippen LogP contribution in [0.15, 0.2) is 16.7 Å². The van der Waals surface area contributed by atoms with Crippen molar-refractivity contribution in [2.75, 3.05) is 0 Å². The van der Waals surface area contributed by atoms with E-state index >= 15 is 0 Å². The van der Waals surface area contributed by atoms with Crippen LogP contribution in [0.3, 0.4) is 0 Å². The lowest BCUT2D eigenvalue weighted by atomic mass is 10.1. The van der Waals surface area contributed by atoms with Crippen molar-refractivity contribution in [3.05, 3.63) is 29.2 Å². The number of nitrogens with zero attached hydrogens (tertiary/aromatic N) is 2. The first-order valence-electron chi connectivity index (χ1n) is 5.92. The van der Waals surface area contributed by atoms with E-state index in [0.29, 0.717) is 17.5 Å². The van der Waals surface area contributed by atoms with Crippen molar-refractivity contribution in [2.24, 2.45) is 5.73 Å². The molecule has 5 heteroatoms. The molecule has 0 aliphatic heterocycles. The molecule has 3 N–H and O–H groups in total. The minimum Gasteiger partial charge on any atom is -0.507 e. The summed E-state index contributed by atoms with van der Waals surface area (Å²) in [6, 6.07) is 3.42. The SMILES string of the molecule is CCC(N)c1nc(-c2cc(C)c(O)c(C)c2)no1. The lowest BCUT2D eigenvalue weighted by Crippen LogP contribution is -2.08. The molecule has 96 valence electrons. The highest BCUT2D eigenvalue weighted by Gasteiger charge is 2.15. The number of aromatic hydroxyl groups is 1. The zero-order valence-corrected chi connectivity index (χ0v) is 10.8. The predicted molar refractivity (Wildman–Crippen MR) is 68.1 cm³/mol. The smallest absolute Gasteiger partial charge is 0.243 e. The van der Waals surface area contributed by atoms with Crippen LogP contribution >= 0.6 is 0 Å². The number of benzene rings is 1. The van der Waals surface area contributed by atoms with E-state index in [1.807, 2.05) is 32.9 Å². The third kappa shape index (κ3) is 2.22. The molecule has 1 aromatic carbocycles. The van der Waals surface area contributed by atoms with Gasteiger partial charge < -0.3 is 15.4 Å². The molecule has 1 atom stereocenters. The third-order valence-electron chi connectivity index (χ3n) is 2.95. The summed E-state index contributed by atoms with van der Waals surface area (Å²) in [7, 11) is 0. The van der Waals surface area contributed by atoms with Crippen molar-refractivity contribution < 1.29 is 9.63 Å². The Morgan fingerprint density at radius 2 is 1.94 bits per heavy atom. The van der Waals surface area contributed by atoms with Crippen molar-refractivity contribution in [1.82, 2.24) is 10.1 Å². The molecule has 1 heterocycles. The van der Waals surface area contributed by atoms with Gasteiger partial charge in [0.25, 0.3) is 0 Å². The molecule has 0 saturated carbocycles. The molecule has 0 spiro atoms. The zero-order valence-electron chi connectivity index (χ0n) is 10.8. The maximum absolute atomic E-state index is 9.72. The van der Waals surface area contributed by atoms with Crippen LogP contribution in [0.4, 0.5) is 0 Å².